The van der Waals surface area contributed by atoms with Gasteiger partial charge in [-0.1, -0.05) is 0 Å². The number of aliphatic hydroxyl groups excluding tert-OH is 2. The Morgan fingerprint density at radius 2 is 2.24 bits per heavy atom. The lowest BCUT2D eigenvalue weighted by molar-refractivity contribution is -0.121. The van der Waals surface area contributed by atoms with Crippen molar-refractivity contribution in [1.82, 2.24) is 14.4 Å². The number of hydrogen-bond acceptors (Lipinski definition) is 5. The fourth-order valence-electron chi connectivity index (χ4n) is 1.60. The quantitative estimate of drug-likeness (QED) is 0.630. The van der Waals surface area contributed by atoms with Gasteiger partial charge < -0.3 is 15.9 Å². The molecule has 90 valence electrons. The van der Waals surface area contributed by atoms with Crippen molar-refractivity contribution in [3.63, 3.8) is 0 Å². The molecule has 0 bridgehead atoms. The molecule has 0 saturated carbocycles. The fourth-order valence-corrected chi connectivity index (χ4v) is 1.60. The van der Waals surface area contributed by atoms with Crippen molar-refractivity contribution in [2.75, 3.05) is 0 Å². The van der Waals surface area contributed by atoms with Gasteiger partial charge in [0.25, 0.3) is 0 Å². The molecule has 17 heavy (non-hydrogen) atoms. The zero-order valence-electron chi connectivity index (χ0n) is 8.89. The maximum absolute atomic E-state index is 10.7. The molecule has 0 aliphatic heterocycles. The minimum atomic E-state index is -1.25. The summed E-state index contributed by atoms with van der Waals surface area (Å²) in [4.78, 5) is 18.6. The van der Waals surface area contributed by atoms with Crippen molar-refractivity contribution < 1.29 is 15.0 Å². The van der Waals surface area contributed by atoms with E-state index < -0.39 is 18.1 Å². The number of nitrogens with two attached hydrogens (primary N) is 1. The van der Waals surface area contributed by atoms with Gasteiger partial charge in [0.15, 0.2) is 5.65 Å². The van der Waals surface area contributed by atoms with Gasteiger partial charge in [-0.25, -0.2) is 4.98 Å². The lowest BCUT2D eigenvalue weighted by atomic mass is 10.1. The molecule has 0 saturated heterocycles. The van der Waals surface area contributed by atoms with Crippen LogP contribution in [0.4, 0.5) is 0 Å². The van der Waals surface area contributed by atoms with Crippen LogP contribution < -0.4 is 5.73 Å². The van der Waals surface area contributed by atoms with Crippen LogP contribution in [-0.4, -0.2) is 36.6 Å². The summed E-state index contributed by atoms with van der Waals surface area (Å²) in [7, 11) is 0. The second-order valence-corrected chi connectivity index (χ2v) is 3.67. The highest BCUT2D eigenvalue weighted by molar-refractivity contribution is 5.74. The lowest BCUT2D eigenvalue weighted by Crippen LogP contribution is -2.26. The summed E-state index contributed by atoms with van der Waals surface area (Å²) in [6.45, 7) is 0. The molecule has 0 aliphatic rings. The van der Waals surface area contributed by atoms with E-state index in [1.165, 1.54) is 18.6 Å². The minimum absolute atomic E-state index is 0.306. The molecule has 0 fully saturated rings. The van der Waals surface area contributed by atoms with Crippen molar-refractivity contribution in [2.45, 2.75) is 18.6 Å². The summed E-state index contributed by atoms with van der Waals surface area (Å²) in [6.07, 6.45) is 3.31. The van der Waals surface area contributed by atoms with Crippen molar-refractivity contribution in [2.24, 2.45) is 5.73 Å². The third-order valence-corrected chi connectivity index (χ3v) is 2.42. The van der Waals surface area contributed by atoms with Gasteiger partial charge in [-0.2, -0.15) is 0 Å². The lowest BCUT2D eigenvalue weighted by Gasteiger charge is -2.15. The highest BCUT2D eigenvalue weighted by Gasteiger charge is 2.23. The number of hydrogen-bond donors (Lipinski definition) is 3. The van der Waals surface area contributed by atoms with Gasteiger partial charge in [0.1, 0.15) is 6.10 Å². The Hall–Kier alpha value is -1.99. The maximum Gasteiger partial charge on any atom is 0.220 e. The summed E-state index contributed by atoms with van der Waals surface area (Å²) >= 11 is 0. The standard InChI is InChI=1S/C10H12N4O3/c11-8(16)3-7(15)10(17)6-4-13-9-5-12-1-2-14(6)9/h1-2,4-5,7,10,15,17H,3H2,(H2,11,16). The number of amides is 1. The predicted octanol–water partition coefficient (Wildman–Crippen LogP) is -1.00. The van der Waals surface area contributed by atoms with Crippen LogP contribution in [0.5, 0.6) is 0 Å². The smallest absolute Gasteiger partial charge is 0.220 e. The Balaban J connectivity index is 2.30. The zero-order valence-corrected chi connectivity index (χ0v) is 8.89. The van der Waals surface area contributed by atoms with E-state index in [1.807, 2.05) is 0 Å². The van der Waals surface area contributed by atoms with Gasteiger partial charge in [0.2, 0.25) is 5.91 Å². The van der Waals surface area contributed by atoms with E-state index in [1.54, 1.807) is 10.6 Å². The molecule has 4 N–H and O–H groups in total. The van der Waals surface area contributed by atoms with Crippen molar-refractivity contribution >= 4 is 11.6 Å². The van der Waals surface area contributed by atoms with Gasteiger partial charge >= 0.3 is 0 Å². The summed E-state index contributed by atoms with van der Waals surface area (Å²) in [5.74, 6) is -0.674. The van der Waals surface area contributed by atoms with Crippen molar-refractivity contribution in [1.29, 1.82) is 0 Å². The van der Waals surface area contributed by atoms with Crippen LogP contribution in [-0.2, 0) is 4.79 Å². The number of carbonyl (C=O) groups excluding carboxylic acids is 1. The number of imidazole rings is 1. The molecule has 0 aliphatic carbocycles. The molecule has 1 amide bonds. The number of rotatable bonds is 4. The summed E-state index contributed by atoms with van der Waals surface area (Å²) in [6, 6.07) is 0. The first-order chi connectivity index (χ1) is 8.09. The second-order valence-electron chi connectivity index (χ2n) is 3.67. The Kier molecular flexibility index (Phi) is 3.03. The van der Waals surface area contributed by atoms with Crippen LogP contribution in [0.3, 0.4) is 0 Å². The van der Waals surface area contributed by atoms with E-state index in [4.69, 9.17) is 5.73 Å². The monoisotopic (exact) mass is 236 g/mol. The molecule has 0 aromatic carbocycles. The van der Waals surface area contributed by atoms with E-state index in [-0.39, 0.29) is 6.42 Å². The van der Waals surface area contributed by atoms with Crippen LogP contribution in [0.25, 0.3) is 5.65 Å². The summed E-state index contributed by atoms with van der Waals surface area (Å²) in [5.41, 5.74) is 5.89. The average molecular weight is 236 g/mol. The molecular weight excluding hydrogens is 224 g/mol. The van der Waals surface area contributed by atoms with Crippen LogP contribution in [0, 0.1) is 0 Å². The Morgan fingerprint density at radius 1 is 1.47 bits per heavy atom. The van der Waals surface area contributed by atoms with Gasteiger partial charge in [0, 0.05) is 12.4 Å². The van der Waals surface area contributed by atoms with Crippen LogP contribution in [0.15, 0.2) is 24.8 Å². The minimum Gasteiger partial charge on any atom is -0.389 e. The number of nitrogens with zero attached hydrogens (tertiary/aromatic N) is 3. The normalized spacial score (nSPS) is 14.7. The molecule has 2 heterocycles. The van der Waals surface area contributed by atoms with Gasteiger partial charge in [-0.3, -0.25) is 14.2 Å². The average Bonchev–Trinajstić information content (AvgIpc) is 2.70. The Labute approximate surface area is 96.5 Å². The largest absolute Gasteiger partial charge is 0.389 e. The molecule has 2 aromatic rings. The topological polar surface area (TPSA) is 114 Å². The molecule has 0 radical (unpaired) electrons. The number of carbonyl (C=O) groups is 1. The van der Waals surface area contributed by atoms with Crippen molar-refractivity contribution in [3.8, 4) is 0 Å². The Bertz CT molecular complexity index is 539. The molecule has 7 nitrogen and oxygen atoms in total. The van der Waals surface area contributed by atoms with Gasteiger partial charge in [-0.05, 0) is 0 Å². The molecule has 2 unspecified atom stereocenters. The van der Waals surface area contributed by atoms with E-state index in [0.717, 1.165) is 0 Å². The van der Waals surface area contributed by atoms with Crippen LogP contribution in [0.2, 0.25) is 0 Å². The number of aliphatic hydroxyl groups is 2. The molecule has 7 heteroatoms. The van der Waals surface area contributed by atoms with Crippen molar-refractivity contribution in [3.05, 3.63) is 30.5 Å². The third-order valence-electron chi connectivity index (χ3n) is 2.42. The number of fused-ring (bicyclic) bond motifs is 1. The molecule has 2 rings (SSSR count). The molecular formula is C10H12N4O3. The first-order valence-corrected chi connectivity index (χ1v) is 5.01. The van der Waals surface area contributed by atoms with Gasteiger partial charge in [-0.15, -0.1) is 0 Å². The SMILES string of the molecule is NC(=O)CC(O)C(O)c1cnc2cnccn12. The second kappa shape index (κ2) is 4.48. The number of primary amides is 1. The highest BCUT2D eigenvalue weighted by Crippen LogP contribution is 2.19. The maximum atomic E-state index is 10.7. The fraction of sp³-hybridized carbons (Fsp3) is 0.300. The van der Waals surface area contributed by atoms with Gasteiger partial charge in [0.05, 0.1) is 30.6 Å². The first-order valence-electron chi connectivity index (χ1n) is 5.01. The van der Waals surface area contributed by atoms with Crippen LogP contribution >= 0.6 is 0 Å². The first kappa shape index (κ1) is 11.5. The molecule has 2 atom stereocenters. The van der Waals surface area contributed by atoms with Crippen LogP contribution in [0.1, 0.15) is 18.2 Å². The molecule has 2 aromatic heterocycles. The summed E-state index contributed by atoms with van der Waals surface area (Å²) in [5, 5.41) is 19.5. The highest BCUT2D eigenvalue weighted by atomic mass is 16.3. The third kappa shape index (κ3) is 2.24. The zero-order chi connectivity index (χ0) is 12.4. The van der Waals surface area contributed by atoms with E-state index in [2.05, 4.69) is 9.97 Å². The Morgan fingerprint density at radius 3 is 2.94 bits per heavy atom. The molecule has 0 spiro atoms. The van der Waals surface area contributed by atoms with E-state index >= 15 is 0 Å². The summed E-state index contributed by atoms with van der Waals surface area (Å²) < 4.78 is 1.59. The predicted molar refractivity (Wildman–Crippen MR) is 57.8 cm³/mol. The number of aromatic nitrogens is 3. The van der Waals surface area contributed by atoms with E-state index in [0.29, 0.717) is 11.3 Å². The van der Waals surface area contributed by atoms with E-state index in [9.17, 15) is 15.0 Å².